The highest BCUT2D eigenvalue weighted by atomic mass is 32.2. The Balaban J connectivity index is 1.70. The summed E-state index contributed by atoms with van der Waals surface area (Å²) in [6.07, 6.45) is 4.26. The lowest BCUT2D eigenvalue weighted by Crippen LogP contribution is -2.47. The first-order valence-corrected chi connectivity index (χ1v) is 9.12. The molecule has 3 rings (SSSR count). The minimum Gasteiger partial charge on any atom is -0.326 e. The zero-order chi connectivity index (χ0) is 14.9. The Labute approximate surface area is 126 Å². The van der Waals surface area contributed by atoms with Crippen LogP contribution in [0.1, 0.15) is 31.2 Å². The third-order valence-electron chi connectivity index (χ3n) is 4.59. The predicted octanol–water partition coefficient (Wildman–Crippen LogP) is 1.05. The zero-order valence-corrected chi connectivity index (χ0v) is 13.0. The van der Waals surface area contributed by atoms with Crippen molar-refractivity contribution >= 4 is 10.0 Å². The van der Waals surface area contributed by atoms with Gasteiger partial charge in [0.25, 0.3) is 0 Å². The van der Waals surface area contributed by atoms with E-state index in [2.05, 4.69) is 9.62 Å². The van der Waals surface area contributed by atoms with Crippen molar-refractivity contribution < 1.29 is 8.42 Å². The van der Waals surface area contributed by atoms with Crippen LogP contribution in [0.2, 0.25) is 0 Å². The van der Waals surface area contributed by atoms with Crippen molar-refractivity contribution in [2.45, 2.75) is 49.2 Å². The lowest BCUT2D eigenvalue weighted by Gasteiger charge is -2.34. The molecule has 1 aromatic carbocycles. The molecule has 1 aromatic rings. The van der Waals surface area contributed by atoms with Gasteiger partial charge in [-0.1, -0.05) is 12.1 Å². The van der Waals surface area contributed by atoms with Gasteiger partial charge in [-0.2, -0.15) is 0 Å². The number of nitrogens with one attached hydrogen (secondary N) is 1. The number of nitrogens with zero attached hydrogens (tertiary/aromatic N) is 1. The molecule has 0 aliphatic carbocycles. The fraction of sp³-hybridized carbons (Fsp3) is 0.600. The molecule has 0 saturated carbocycles. The summed E-state index contributed by atoms with van der Waals surface area (Å²) in [6.45, 7) is 2.52. The van der Waals surface area contributed by atoms with Crippen LogP contribution < -0.4 is 10.5 Å². The van der Waals surface area contributed by atoms with E-state index in [0.717, 1.165) is 24.9 Å². The zero-order valence-electron chi connectivity index (χ0n) is 12.2. The molecule has 2 heterocycles. The number of piperidine rings is 1. The van der Waals surface area contributed by atoms with Gasteiger partial charge in [-0.05, 0) is 56.5 Å². The molecule has 2 unspecified atom stereocenters. The highest BCUT2D eigenvalue weighted by Crippen LogP contribution is 2.27. The Kier molecular flexibility index (Phi) is 4.31. The molecule has 0 bridgehead atoms. The minimum atomic E-state index is -3.45. The van der Waals surface area contributed by atoms with Crippen LogP contribution in [-0.2, 0) is 16.6 Å². The monoisotopic (exact) mass is 309 g/mol. The maximum Gasteiger partial charge on any atom is 0.240 e. The van der Waals surface area contributed by atoms with Gasteiger partial charge >= 0.3 is 0 Å². The second-order valence-corrected chi connectivity index (χ2v) is 7.74. The molecule has 21 heavy (non-hydrogen) atoms. The van der Waals surface area contributed by atoms with E-state index in [1.54, 1.807) is 18.2 Å². The van der Waals surface area contributed by atoms with E-state index < -0.39 is 10.0 Å². The molecule has 0 spiro atoms. The first-order valence-electron chi connectivity index (χ1n) is 7.64. The second-order valence-electron chi connectivity index (χ2n) is 6.03. The van der Waals surface area contributed by atoms with Crippen molar-refractivity contribution in [2.75, 3.05) is 13.1 Å². The molecule has 0 radical (unpaired) electrons. The maximum atomic E-state index is 12.5. The van der Waals surface area contributed by atoms with Crippen LogP contribution in [0.5, 0.6) is 0 Å². The lowest BCUT2D eigenvalue weighted by atomic mass is 9.99. The van der Waals surface area contributed by atoms with Crippen LogP contribution in [-0.4, -0.2) is 38.5 Å². The summed E-state index contributed by atoms with van der Waals surface area (Å²) in [4.78, 5) is 2.80. The number of hydrogen-bond acceptors (Lipinski definition) is 4. The van der Waals surface area contributed by atoms with Crippen LogP contribution in [0.15, 0.2) is 29.2 Å². The smallest absolute Gasteiger partial charge is 0.240 e. The van der Waals surface area contributed by atoms with Crippen molar-refractivity contribution in [1.82, 2.24) is 9.62 Å². The first-order chi connectivity index (χ1) is 10.1. The highest BCUT2D eigenvalue weighted by Gasteiger charge is 2.33. The Morgan fingerprint density at radius 1 is 1.29 bits per heavy atom. The van der Waals surface area contributed by atoms with Gasteiger partial charge in [-0.25, -0.2) is 13.1 Å². The van der Waals surface area contributed by atoms with Crippen molar-refractivity contribution in [3.8, 4) is 0 Å². The fourth-order valence-electron chi connectivity index (χ4n) is 3.46. The summed E-state index contributed by atoms with van der Waals surface area (Å²) in [5, 5.41) is 0. The van der Waals surface area contributed by atoms with E-state index >= 15 is 0 Å². The third kappa shape index (κ3) is 3.29. The maximum absolute atomic E-state index is 12.5. The number of hydrogen-bond donors (Lipinski definition) is 2. The summed E-state index contributed by atoms with van der Waals surface area (Å²) in [5.74, 6) is 0. The molecule has 116 valence electrons. The van der Waals surface area contributed by atoms with Crippen LogP contribution in [0.25, 0.3) is 0 Å². The number of benzene rings is 1. The molecule has 5 nitrogen and oxygen atoms in total. The number of sulfonamides is 1. The Hall–Kier alpha value is -0.950. The molecule has 2 aliphatic heterocycles. The van der Waals surface area contributed by atoms with Crippen LogP contribution in [0.4, 0.5) is 0 Å². The second kappa shape index (κ2) is 6.04. The average Bonchev–Trinajstić information content (AvgIpc) is 2.94. The molecule has 0 aromatic heterocycles. The summed E-state index contributed by atoms with van der Waals surface area (Å²) in [6, 6.07) is 7.49. The lowest BCUT2D eigenvalue weighted by molar-refractivity contribution is 0.176. The SMILES string of the molecule is NCc1cccc(S(=O)(=O)NC2CCN3CCCC3C2)c1. The van der Waals surface area contributed by atoms with Crippen molar-refractivity contribution in [3.05, 3.63) is 29.8 Å². The minimum absolute atomic E-state index is 0.0517. The molecule has 3 N–H and O–H groups in total. The Morgan fingerprint density at radius 2 is 2.14 bits per heavy atom. The molecule has 6 heteroatoms. The predicted molar refractivity (Wildman–Crippen MR) is 82.3 cm³/mol. The highest BCUT2D eigenvalue weighted by molar-refractivity contribution is 7.89. The summed E-state index contributed by atoms with van der Waals surface area (Å²) in [5.41, 5.74) is 6.42. The van der Waals surface area contributed by atoms with E-state index in [1.807, 2.05) is 6.07 Å². The summed E-state index contributed by atoms with van der Waals surface area (Å²) >= 11 is 0. The van der Waals surface area contributed by atoms with E-state index in [0.29, 0.717) is 17.5 Å². The number of rotatable bonds is 4. The largest absolute Gasteiger partial charge is 0.326 e. The third-order valence-corrected chi connectivity index (χ3v) is 6.10. The average molecular weight is 309 g/mol. The van der Waals surface area contributed by atoms with Gasteiger partial charge in [-0.15, -0.1) is 0 Å². The normalized spacial score (nSPS) is 26.7. The Morgan fingerprint density at radius 3 is 2.95 bits per heavy atom. The van der Waals surface area contributed by atoms with Gasteiger partial charge in [0.05, 0.1) is 4.90 Å². The van der Waals surface area contributed by atoms with Crippen LogP contribution >= 0.6 is 0 Å². The molecule has 2 atom stereocenters. The van der Waals surface area contributed by atoms with Gasteiger partial charge in [0, 0.05) is 18.6 Å². The van der Waals surface area contributed by atoms with Crippen molar-refractivity contribution in [2.24, 2.45) is 5.73 Å². The number of nitrogens with two attached hydrogens (primary N) is 1. The Bertz CT molecular complexity index is 603. The molecule has 2 fully saturated rings. The van der Waals surface area contributed by atoms with E-state index in [4.69, 9.17) is 5.73 Å². The van der Waals surface area contributed by atoms with Gasteiger partial charge < -0.3 is 10.6 Å². The van der Waals surface area contributed by atoms with E-state index in [1.165, 1.54) is 19.4 Å². The summed E-state index contributed by atoms with van der Waals surface area (Å²) in [7, 11) is -3.45. The molecular weight excluding hydrogens is 286 g/mol. The van der Waals surface area contributed by atoms with Gasteiger partial charge in [0.1, 0.15) is 0 Å². The topological polar surface area (TPSA) is 75.4 Å². The van der Waals surface area contributed by atoms with Crippen molar-refractivity contribution in [3.63, 3.8) is 0 Å². The fourth-order valence-corrected chi connectivity index (χ4v) is 4.81. The summed E-state index contributed by atoms with van der Waals surface area (Å²) < 4.78 is 27.9. The molecule has 0 amide bonds. The molecule has 2 saturated heterocycles. The molecular formula is C15H23N3O2S. The first kappa shape index (κ1) is 15.0. The number of fused-ring (bicyclic) bond motifs is 1. The molecule has 2 aliphatic rings. The van der Waals surface area contributed by atoms with E-state index in [-0.39, 0.29) is 6.04 Å². The van der Waals surface area contributed by atoms with Crippen LogP contribution in [0.3, 0.4) is 0 Å². The quantitative estimate of drug-likeness (QED) is 0.872. The van der Waals surface area contributed by atoms with Gasteiger partial charge in [0.2, 0.25) is 10.0 Å². The van der Waals surface area contributed by atoms with Crippen LogP contribution in [0, 0.1) is 0 Å². The standard InChI is InChI=1S/C15H23N3O2S/c16-11-12-3-1-5-15(9-12)21(19,20)17-13-6-8-18-7-2-4-14(18)10-13/h1,3,5,9,13-14,17H,2,4,6-8,10-11,16H2. The van der Waals surface area contributed by atoms with Gasteiger partial charge in [-0.3, -0.25) is 0 Å². The van der Waals surface area contributed by atoms with E-state index in [9.17, 15) is 8.42 Å². The van der Waals surface area contributed by atoms with Gasteiger partial charge in [0.15, 0.2) is 0 Å². The van der Waals surface area contributed by atoms with Crippen molar-refractivity contribution in [1.29, 1.82) is 0 Å².